The molecule has 1 aromatic heterocycles. The zero-order chi connectivity index (χ0) is 37.1. The Hall–Kier alpha value is -3.50. The maximum atomic E-state index is 6.48. The van der Waals surface area contributed by atoms with E-state index in [1.165, 1.54) is 5.56 Å². The number of H-pyrrole nitrogens is 1. The minimum Gasteiger partial charge on any atom is -0.493 e. The van der Waals surface area contributed by atoms with Crippen molar-refractivity contribution in [3.05, 3.63) is 65.2 Å². The maximum Gasteiger partial charge on any atom is 0.148 e. The Morgan fingerprint density at radius 2 is 1.10 bits per heavy atom. The Morgan fingerprint density at radius 3 is 1.67 bits per heavy atom. The first-order valence-electron chi connectivity index (χ1n) is 19.5. The van der Waals surface area contributed by atoms with Gasteiger partial charge in [-0.3, -0.25) is 0 Å². The van der Waals surface area contributed by atoms with Crippen LogP contribution in [0.25, 0.3) is 22.4 Å². The summed E-state index contributed by atoms with van der Waals surface area (Å²) >= 11 is 6.07. The van der Waals surface area contributed by atoms with Gasteiger partial charge in [-0.2, -0.15) is 0 Å². The normalized spacial score (nSPS) is 11.7. The van der Waals surface area contributed by atoms with E-state index in [9.17, 15) is 0 Å². The first kappa shape index (κ1) is 41.3. The van der Waals surface area contributed by atoms with Gasteiger partial charge in [-0.1, -0.05) is 65.3 Å². The van der Waals surface area contributed by atoms with Gasteiger partial charge in [-0.05, 0) is 88.4 Å². The smallest absolute Gasteiger partial charge is 0.148 e. The fourth-order valence-corrected chi connectivity index (χ4v) is 6.39. The van der Waals surface area contributed by atoms with Gasteiger partial charge in [0, 0.05) is 49.3 Å². The summed E-state index contributed by atoms with van der Waals surface area (Å²) < 4.78 is 25.4. The number of aromatic nitrogens is 2. The van der Waals surface area contributed by atoms with Gasteiger partial charge in [0.1, 0.15) is 34.3 Å². The highest BCUT2D eigenvalue weighted by Crippen LogP contribution is 2.37. The van der Waals surface area contributed by atoms with Gasteiger partial charge in [-0.25, -0.2) is 4.98 Å². The summed E-state index contributed by atoms with van der Waals surface area (Å²) in [4.78, 5) is 15.9. The number of rotatable bonds is 26. The van der Waals surface area contributed by atoms with Crippen LogP contribution in [0.5, 0.6) is 23.0 Å². The number of halogens is 1. The lowest BCUT2D eigenvalue weighted by Crippen LogP contribution is -2.25. The lowest BCUT2D eigenvalue weighted by molar-refractivity contribution is 0.243. The number of nitrogens with zero attached hydrogens (tertiary/aromatic N) is 4. The lowest BCUT2D eigenvalue weighted by Gasteiger charge is -2.18. The molecule has 0 saturated carbocycles. The van der Waals surface area contributed by atoms with E-state index in [4.69, 9.17) is 35.5 Å². The molecule has 52 heavy (non-hydrogen) atoms. The summed E-state index contributed by atoms with van der Waals surface area (Å²) in [5.41, 5.74) is 3.70. The first-order valence-corrected chi connectivity index (χ1v) is 19.9. The van der Waals surface area contributed by atoms with Gasteiger partial charge >= 0.3 is 0 Å². The molecule has 4 aromatic rings. The van der Waals surface area contributed by atoms with E-state index in [1.807, 2.05) is 54.6 Å². The molecule has 0 fully saturated rings. The Morgan fingerprint density at radius 1 is 0.577 bits per heavy atom. The molecule has 4 rings (SSSR count). The molecule has 0 aliphatic heterocycles. The quantitative estimate of drug-likeness (QED) is 0.0642. The van der Waals surface area contributed by atoms with Crippen LogP contribution < -0.4 is 18.9 Å². The van der Waals surface area contributed by atoms with Crippen LogP contribution in [0.4, 0.5) is 0 Å². The molecule has 0 spiro atoms. The zero-order valence-electron chi connectivity index (χ0n) is 32.5. The fourth-order valence-electron chi connectivity index (χ4n) is 6.27. The molecule has 0 aliphatic carbocycles. The largest absolute Gasteiger partial charge is 0.493 e. The summed E-state index contributed by atoms with van der Waals surface area (Å²) in [5, 5.41) is 0.734. The summed E-state index contributed by atoms with van der Waals surface area (Å²) in [6.07, 6.45) is 3.59. The van der Waals surface area contributed by atoms with Crippen molar-refractivity contribution in [2.75, 3.05) is 85.3 Å². The van der Waals surface area contributed by atoms with Crippen LogP contribution in [0.15, 0.2) is 54.6 Å². The van der Waals surface area contributed by atoms with E-state index >= 15 is 0 Å². The number of ether oxygens (including phenoxy) is 4. The van der Waals surface area contributed by atoms with E-state index in [0.29, 0.717) is 32.3 Å². The second-order valence-corrected chi connectivity index (χ2v) is 13.4. The average Bonchev–Trinajstić information content (AvgIpc) is 3.60. The van der Waals surface area contributed by atoms with Gasteiger partial charge in [0.2, 0.25) is 0 Å². The summed E-state index contributed by atoms with van der Waals surface area (Å²) in [6.45, 7) is 24.7. The third kappa shape index (κ3) is 12.9. The molecule has 1 heterocycles. The molecule has 3 aromatic carbocycles. The molecular formula is C42H62ClN5O4. The molecule has 0 radical (unpaired) electrons. The number of nitrogens with one attached hydrogen (secondary N) is 1. The lowest BCUT2D eigenvalue weighted by atomic mass is 10.1. The van der Waals surface area contributed by atoms with Crippen molar-refractivity contribution >= 4 is 22.6 Å². The number of hydrogen-bond donors (Lipinski definition) is 1. The molecule has 0 atom stereocenters. The zero-order valence-corrected chi connectivity index (χ0v) is 33.3. The van der Waals surface area contributed by atoms with E-state index in [0.717, 1.165) is 129 Å². The second-order valence-electron chi connectivity index (χ2n) is 13.0. The number of aromatic amines is 1. The van der Waals surface area contributed by atoms with Crippen molar-refractivity contribution in [1.29, 1.82) is 0 Å². The molecule has 0 aliphatic rings. The fraction of sp³-hybridized carbons (Fsp3) is 0.548. The van der Waals surface area contributed by atoms with Crippen LogP contribution in [0.1, 0.15) is 66.4 Å². The van der Waals surface area contributed by atoms with Crippen LogP contribution in [0.3, 0.4) is 0 Å². The predicted molar refractivity (Wildman–Crippen MR) is 216 cm³/mol. The molecule has 0 bridgehead atoms. The Balaban J connectivity index is 1.58. The number of benzene rings is 3. The monoisotopic (exact) mass is 735 g/mol. The third-order valence-corrected chi connectivity index (χ3v) is 9.89. The summed E-state index contributed by atoms with van der Waals surface area (Å²) in [6, 6.07) is 17.9. The highest BCUT2D eigenvalue weighted by molar-refractivity contribution is 6.30. The van der Waals surface area contributed by atoms with Gasteiger partial charge < -0.3 is 38.6 Å². The molecule has 0 unspecified atom stereocenters. The third-order valence-electron chi connectivity index (χ3n) is 9.63. The van der Waals surface area contributed by atoms with Crippen LogP contribution in [0, 0.1) is 0 Å². The van der Waals surface area contributed by atoms with Gasteiger partial charge in [0.25, 0.3) is 0 Å². The minimum atomic E-state index is 0.541. The summed E-state index contributed by atoms with van der Waals surface area (Å²) in [7, 11) is 0. The standard InChI is InChI=1S/C42H62ClN5O4/c1-7-46(8-2)23-13-26-49-36-30-38-41(40(32-36)52-28-15-25-48(11-5)12-6)45-42(44-38)37-21-20-35(50-29-22-33-16-18-34(43)19-17-33)31-39(37)51-27-14-24-47(9-3)10-4/h16-21,30-32H,7-15,22-29H2,1-6H3,(H,44,45). The maximum absolute atomic E-state index is 6.48. The number of hydrogen-bond acceptors (Lipinski definition) is 8. The highest BCUT2D eigenvalue weighted by atomic mass is 35.5. The van der Waals surface area contributed by atoms with E-state index in [2.05, 4.69) is 61.2 Å². The van der Waals surface area contributed by atoms with Crippen LogP contribution in [-0.2, 0) is 6.42 Å². The van der Waals surface area contributed by atoms with Crippen molar-refractivity contribution < 1.29 is 18.9 Å². The van der Waals surface area contributed by atoms with E-state index in [-0.39, 0.29) is 0 Å². The Kier molecular flexibility index (Phi) is 17.9. The average molecular weight is 736 g/mol. The highest BCUT2D eigenvalue weighted by Gasteiger charge is 2.17. The van der Waals surface area contributed by atoms with E-state index < -0.39 is 0 Å². The molecule has 9 nitrogen and oxygen atoms in total. The minimum absolute atomic E-state index is 0.541. The molecule has 0 saturated heterocycles. The second kappa shape index (κ2) is 22.5. The van der Waals surface area contributed by atoms with Crippen LogP contribution >= 0.6 is 11.6 Å². The van der Waals surface area contributed by atoms with Crippen molar-refractivity contribution in [1.82, 2.24) is 24.7 Å². The van der Waals surface area contributed by atoms with Gasteiger partial charge in [0.15, 0.2) is 0 Å². The molecule has 0 amide bonds. The van der Waals surface area contributed by atoms with Crippen molar-refractivity contribution in [3.8, 4) is 34.4 Å². The molecule has 1 N–H and O–H groups in total. The SMILES string of the molecule is CCN(CC)CCCOc1cc(OCCCN(CC)CC)c2[nH]c(-c3ccc(OCCc4ccc(Cl)cc4)cc3OCCCN(CC)CC)nc2c1. The van der Waals surface area contributed by atoms with Crippen molar-refractivity contribution in [3.63, 3.8) is 0 Å². The van der Waals surface area contributed by atoms with Gasteiger partial charge in [-0.15, -0.1) is 0 Å². The van der Waals surface area contributed by atoms with Crippen molar-refractivity contribution in [2.45, 2.75) is 67.2 Å². The van der Waals surface area contributed by atoms with Crippen molar-refractivity contribution in [2.24, 2.45) is 0 Å². The van der Waals surface area contributed by atoms with Crippen LogP contribution in [0.2, 0.25) is 5.02 Å². The van der Waals surface area contributed by atoms with E-state index in [1.54, 1.807) is 0 Å². The first-order chi connectivity index (χ1) is 25.4. The predicted octanol–water partition coefficient (Wildman–Crippen LogP) is 8.84. The Labute approximate surface area is 317 Å². The van der Waals surface area contributed by atoms with Crippen LogP contribution in [-0.4, -0.2) is 110 Å². The van der Waals surface area contributed by atoms with Gasteiger partial charge in [0.05, 0.1) is 37.5 Å². The molecule has 10 heteroatoms. The topological polar surface area (TPSA) is 75.3 Å². The molecule has 286 valence electrons. The molecular weight excluding hydrogens is 674 g/mol. The Bertz CT molecular complexity index is 1590. The number of imidazole rings is 1. The summed E-state index contributed by atoms with van der Waals surface area (Å²) in [5.74, 6) is 3.72. The number of fused-ring (bicyclic) bond motifs is 1.